The second-order valence-electron chi connectivity index (χ2n) is 4.92. The maximum absolute atomic E-state index is 12.4. The fourth-order valence-corrected chi connectivity index (χ4v) is 3.02. The predicted octanol–water partition coefficient (Wildman–Crippen LogP) is 2.99. The van der Waals surface area contributed by atoms with Gasteiger partial charge in [-0.2, -0.15) is 0 Å². The minimum absolute atomic E-state index is 0.128. The number of nitrogens with one attached hydrogen (secondary N) is 1. The van der Waals surface area contributed by atoms with Crippen LogP contribution in [0.4, 0.5) is 10.5 Å². The second-order valence-corrected chi connectivity index (χ2v) is 5.70. The first-order valence-corrected chi connectivity index (χ1v) is 7.14. The molecule has 1 heterocycles. The highest BCUT2D eigenvalue weighted by atomic mass is 35.5. The fourth-order valence-electron chi connectivity index (χ4n) is 2.36. The number of carboxylic acid groups (broad SMARTS) is 1. The molecule has 1 aliphatic carbocycles. The zero-order valence-corrected chi connectivity index (χ0v) is 12.6. The maximum atomic E-state index is 12.4. The molecule has 1 aromatic carbocycles. The van der Waals surface area contributed by atoms with Crippen molar-refractivity contribution in [2.45, 2.75) is 18.9 Å². The molecule has 0 radical (unpaired) electrons. The SMILES string of the molecule is NNc1c(Cl)cc2c(=O)c(OC(=O)O)cn(C3CC3)c2c1Cl. The highest BCUT2D eigenvalue weighted by Crippen LogP contribution is 2.42. The van der Waals surface area contributed by atoms with Crippen LogP contribution in [0.2, 0.25) is 10.0 Å². The number of carbonyl (C=O) groups is 1. The van der Waals surface area contributed by atoms with Gasteiger partial charge >= 0.3 is 6.16 Å². The Labute approximate surface area is 134 Å². The van der Waals surface area contributed by atoms with Crippen molar-refractivity contribution in [2.24, 2.45) is 5.84 Å². The summed E-state index contributed by atoms with van der Waals surface area (Å²) < 4.78 is 6.30. The molecule has 0 aliphatic heterocycles. The molecule has 0 bridgehead atoms. The van der Waals surface area contributed by atoms with Crippen molar-refractivity contribution in [3.8, 4) is 5.75 Å². The van der Waals surface area contributed by atoms with Gasteiger partial charge in [0, 0.05) is 6.04 Å². The van der Waals surface area contributed by atoms with E-state index < -0.39 is 11.6 Å². The summed E-state index contributed by atoms with van der Waals surface area (Å²) in [5, 5.41) is 9.29. The number of anilines is 1. The number of hydrogen-bond acceptors (Lipinski definition) is 5. The van der Waals surface area contributed by atoms with E-state index in [2.05, 4.69) is 10.2 Å². The van der Waals surface area contributed by atoms with E-state index in [1.165, 1.54) is 12.3 Å². The molecule has 22 heavy (non-hydrogen) atoms. The number of ether oxygens (including phenoxy) is 1. The van der Waals surface area contributed by atoms with Crippen LogP contribution in [0.25, 0.3) is 10.9 Å². The first-order chi connectivity index (χ1) is 10.4. The molecular weight excluding hydrogens is 333 g/mol. The Morgan fingerprint density at radius 3 is 2.68 bits per heavy atom. The van der Waals surface area contributed by atoms with Gasteiger partial charge in [-0.25, -0.2) is 4.79 Å². The molecule has 116 valence electrons. The van der Waals surface area contributed by atoms with E-state index in [1.807, 2.05) is 0 Å². The number of pyridine rings is 1. The van der Waals surface area contributed by atoms with Gasteiger partial charge in [-0.15, -0.1) is 0 Å². The van der Waals surface area contributed by atoms with Gasteiger partial charge in [0.1, 0.15) is 0 Å². The number of hydrazine groups is 1. The number of aromatic nitrogens is 1. The van der Waals surface area contributed by atoms with Crippen molar-refractivity contribution in [3.05, 3.63) is 32.5 Å². The Hall–Kier alpha value is -1.96. The monoisotopic (exact) mass is 343 g/mol. The lowest BCUT2D eigenvalue weighted by Crippen LogP contribution is -2.17. The van der Waals surface area contributed by atoms with Crippen LogP contribution in [0.1, 0.15) is 18.9 Å². The molecule has 0 saturated heterocycles. The van der Waals surface area contributed by atoms with Crippen LogP contribution in [0.3, 0.4) is 0 Å². The van der Waals surface area contributed by atoms with Gasteiger partial charge in [0.25, 0.3) is 0 Å². The molecule has 0 atom stereocenters. The predicted molar refractivity (Wildman–Crippen MR) is 83.0 cm³/mol. The molecule has 3 rings (SSSR count). The first kappa shape index (κ1) is 15.0. The molecule has 1 fully saturated rings. The van der Waals surface area contributed by atoms with Gasteiger partial charge in [0.15, 0.2) is 5.75 Å². The van der Waals surface area contributed by atoms with E-state index in [-0.39, 0.29) is 27.2 Å². The van der Waals surface area contributed by atoms with Crippen LogP contribution < -0.4 is 21.4 Å². The number of nitrogens with zero attached hydrogens (tertiary/aromatic N) is 1. The van der Waals surface area contributed by atoms with Gasteiger partial charge in [-0.3, -0.25) is 10.6 Å². The Morgan fingerprint density at radius 1 is 1.45 bits per heavy atom. The third-order valence-corrected chi connectivity index (χ3v) is 4.12. The van der Waals surface area contributed by atoms with Crippen LogP contribution >= 0.6 is 23.2 Å². The van der Waals surface area contributed by atoms with Crippen LogP contribution in [0.15, 0.2) is 17.1 Å². The molecule has 9 heteroatoms. The smallest absolute Gasteiger partial charge is 0.449 e. The summed E-state index contributed by atoms with van der Waals surface area (Å²) in [6.07, 6.45) is 1.59. The van der Waals surface area contributed by atoms with Crippen molar-refractivity contribution in [3.63, 3.8) is 0 Å². The van der Waals surface area contributed by atoms with Crippen LogP contribution in [-0.2, 0) is 0 Å². The largest absolute Gasteiger partial charge is 0.511 e. The number of rotatable bonds is 3. The molecule has 0 spiro atoms. The maximum Gasteiger partial charge on any atom is 0.511 e. The number of nitrogen functional groups attached to an aromatic ring is 1. The highest BCUT2D eigenvalue weighted by molar-refractivity contribution is 6.42. The molecule has 1 saturated carbocycles. The lowest BCUT2D eigenvalue weighted by molar-refractivity contribution is 0.143. The van der Waals surface area contributed by atoms with Crippen molar-refractivity contribution in [1.29, 1.82) is 0 Å². The van der Waals surface area contributed by atoms with Gasteiger partial charge < -0.3 is 19.8 Å². The lowest BCUT2D eigenvalue weighted by atomic mass is 10.1. The third-order valence-electron chi connectivity index (χ3n) is 3.46. The molecule has 4 N–H and O–H groups in total. The Kier molecular flexibility index (Phi) is 3.64. The lowest BCUT2D eigenvalue weighted by Gasteiger charge is -2.16. The highest BCUT2D eigenvalue weighted by Gasteiger charge is 2.28. The van der Waals surface area contributed by atoms with Gasteiger partial charge in [0.05, 0.1) is 32.8 Å². The minimum atomic E-state index is -1.56. The molecule has 1 aliphatic rings. The topological polar surface area (TPSA) is 107 Å². The Bertz CT molecular complexity index is 846. The molecule has 1 aromatic heterocycles. The molecular formula is C13H11Cl2N3O4. The van der Waals surface area contributed by atoms with E-state index in [9.17, 15) is 9.59 Å². The van der Waals surface area contributed by atoms with E-state index in [0.29, 0.717) is 11.2 Å². The molecule has 7 nitrogen and oxygen atoms in total. The summed E-state index contributed by atoms with van der Waals surface area (Å²) >= 11 is 12.4. The zero-order valence-electron chi connectivity index (χ0n) is 11.1. The molecule has 0 amide bonds. The summed E-state index contributed by atoms with van der Waals surface area (Å²) in [6.45, 7) is 0. The summed E-state index contributed by atoms with van der Waals surface area (Å²) in [5.41, 5.74) is 2.56. The van der Waals surface area contributed by atoms with Crippen LogP contribution in [0.5, 0.6) is 5.75 Å². The van der Waals surface area contributed by atoms with Crippen molar-refractivity contribution < 1.29 is 14.6 Å². The number of fused-ring (bicyclic) bond motifs is 1. The van der Waals surface area contributed by atoms with Crippen molar-refractivity contribution in [2.75, 3.05) is 5.43 Å². The summed E-state index contributed by atoms with van der Waals surface area (Å²) in [6, 6.07) is 1.52. The average molecular weight is 344 g/mol. The normalized spacial score (nSPS) is 14.1. The van der Waals surface area contributed by atoms with Crippen molar-refractivity contribution >= 4 is 45.9 Å². The summed E-state index contributed by atoms with van der Waals surface area (Å²) in [4.78, 5) is 23.1. The zero-order chi connectivity index (χ0) is 16.0. The van der Waals surface area contributed by atoms with Gasteiger partial charge in [0.2, 0.25) is 5.43 Å². The minimum Gasteiger partial charge on any atom is -0.449 e. The number of nitrogens with two attached hydrogens (primary N) is 1. The Morgan fingerprint density at radius 2 is 2.14 bits per heavy atom. The average Bonchev–Trinajstić information content (AvgIpc) is 3.26. The molecule has 2 aromatic rings. The van der Waals surface area contributed by atoms with Crippen molar-refractivity contribution in [1.82, 2.24) is 4.57 Å². The Balaban J connectivity index is 2.40. The third kappa shape index (κ3) is 2.37. The van der Waals surface area contributed by atoms with Crippen LogP contribution in [0, 0.1) is 0 Å². The summed E-state index contributed by atoms with van der Waals surface area (Å²) in [5.74, 6) is 5.12. The van der Waals surface area contributed by atoms with Crippen LogP contribution in [-0.4, -0.2) is 15.8 Å². The van der Waals surface area contributed by atoms with E-state index in [1.54, 1.807) is 4.57 Å². The standard InChI is InChI=1S/C13H11Cl2N3O4/c14-7-3-6-11(9(15)10(7)17-16)18(5-1-2-5)4-8(12(6)19)22-13(20)21/h3-5,17H,1-2,16H2,(H,20,21). The van der Waals surface area contributed by atoms with E-state index >= 15 is 0 Å². The fraction of sp³-hybridized carbons (Fsp3) is 0.231. The van der Waals surface area contributed by atoms with Gasteiger partial charge in [-0.1, -0.05) is 23.2 Å². The van der Waals surface area contributed by atoms with E-state index in [4.69, 9.17) is 34.2 Å². The summed E-state index contributed by atoms with van der Waals surface area (Å²) in [7, 11) is 0. The number of hydrogen-bond donors (Lipinski definition) is 3. The number of halogens is 2. The first-order valence-electron chi connectivity index (χ1n) is 6.38. The second kappa shape index (κ2) is 5.35. The van der Waals surface area contributed by atoms with Gasteiger partial charge in [-0.05, 0) is 18.9 Å². The number of benzene rings is 1. The molecule has 0 unspecified atom stereocenters. The quantitative estimate of drug-likeness (QED) is 0.449. The van der Waals surface area contributed by atoms with E-state index in [0.717, 1.165) is 12.8 Å².